The van der Waals surface area contributed by atoms with Crippen LogP contribution in [0, 0.1) is 5.92 Å². The summed E-state index contributed by atoms with van der Waals surface area (Å²) in [6.45, 7) is 7.02. The Morgan fingerprint density at radius 1 is 1.38 bits per heavy atom. The van der Waals surface area contributed by atoms with Gasteiger partial charge in [-0.15, -0.1) is 0 Å². The lowest BCUT2D eigenvalue weighted by atomic mass is 9.95. The summed E-state index contributed by atoms with van der Waals surface area (Å²) >= 11 is 0. The maximum Gasteiger partial charge on any atom is 0.0753 e. The van der Waals surface area contributed by atoms with Crippen molar-refractivity contribution in [2.24, 2.45) is 11.7 Å². The van der Waals surface area contributed by atoms with Gasteiger partial charge in [0.05, 0.1) is 11.7 Å². The van der Waals surface area contributed by atoms with Crippen LogP contribution in [0.5, 0.6) is 0 Å². The second-order valence-corrected chi connectivity index (χ2v) is 5.42. The maximum atomic E-state index is 6.23. The highest BCUT2D eigenvalue weighted by atomic mass is 16.5. The van der Waals surface area contributed by atoms with Gasteiger partial charge in [-0.1, -0.05) is 0 Å². The first-order valence-electron chi connectivity index (χ1n) is 6.42. The Balaban J connectivity index is 2.33. The molecule has 0 heterocycles. The molecule has 3 nitrogen and oxygen atoms in total. The summed E-state index contributed by atoms with van der Waals surface area (Å²) in [5.74, 6) is 0.709. The number of rotatable bonds is 8. The van der Waals surface area contributed by atoms with E-state index in [0.717, 1.165) is 19.4 Å². The average Bonchev–Trinajstić information content (AvgIpc) is 3.06. The third-order valence-corrected chi connectivity index (χ3v) is 3.50. The molecule has 1 saturated carbocycles. The van der Waals surface area contributed by atoms with Crippen molar-refractivity contribution < 1.29 is 9.47 Å². The van der Waals surface area contributed by atoms with Gasteiger partial charge in [0.1, 0.15) is 0 Å². The van der Waals surface area contributed by atoms with Crippen LogP contribution in [0.15, 0.2) is 0 Å². The lowest BCUT2D eigenvalue weighted by molar-refractivity contribution is -0.00408. The van der Waals surface area contributed by atoms with Gasteiger partial charge in [-0.05, 0) is 52.4 Å². The summed E-state index contributed by atoms with van der Waals surface area (Å²) < 4.78 is 11.2. The van der Waals surface area contributed by atoms with E-state index in [1.165, 1.54) is 12.8 Å². The van der Waals surface area contributed by atoms with Gasteiger partial charge in [0, 0.05) is 19.8 Å². The third kappa shape index (κ3) is 4.40. The molecule has 2 N–H and O–H groups in total. The van der Waals surface area contributed by atoms with E-state index >= 15 is 0 Å². The zero-order valence-electron chi connectivity index (χ0n) is 11.2. The molecule has 96 valence electrons. The first kappa shape index (κ1) is 13.9. The molecule has 1 rings (SSSR count). The molecule has 0 saturated heterocycles. The number of ether oxygens (including phenoxy) is 2. The minimum absolute atomic E-state index is 0.0715. The van der Waals surface area contributed by atoms with Gasteiger partial charge in [0.2, 0.25) is 0 Å². The van der Waals surface area contributed by atoms with E-state index in [4.69, 9.17) is 15.2 Å². The summed E-state index contributed by atoms with van der Waals surface area (Å²) in [7, 11) is 1.76. The molecular weight excluding hydrogens is 202 g/mol. The van der Waals surface area contributed by atoms with E-state index in [9.17, 15) is 0 Å². The highest BCUT2D eigenvalue weighted by Crippen LogP contribution is 2.36. The standard InChI is InChI=1S/C13H27NO2/c1-5-16-12(10-6-7-10)11(14)8-9-13(2,3)15-4/h10-12H,5-9,14H2,1-4H3. The fraction of sp³-hybridized carbons (Fsp3) is 1.00. The lowest BCUT2D eigenvalue weighted by Crippen LogP contribution is -2.40. The van der Waals surface area contributed by atoms with Crippen LogP contribution >= 0.6 is 0 Å². The Kier molecular flexibility index (Phi) is 5.22. The second-order valence-electron chi connectivity index (χ2n) is 5.42. The molecular formula is C13H27NO2. The minimum Gasteiger partial charge on any atom is -0.379 e. The Labute approximate surface area is 99.7 Å². The summed E-state index contributed by atoms with van der Waals surface area (Å²) in [6.07, 6.45) is 4.79. The normalized spacial score (nSPS) is 20.8. The first-order chi connectivity index (χ1) is 7.50. The maximum absolute atomic E-state index is 6.23. The Bertz CT molecular complexity index is 202. The monoisotopic (exact) mass is 229 g/mol. The summed E-state index contributed by atoms with van der Waals surface area (Å²) in [5, 5.41) is 0. The van der Waals surface area contributed by atoms with Gasteiger partial charge < -0.3 is 15.2 Å². The molecule has 0 aliphatic heterocycles. The number of nitrogens with two attached hydrogens (primary N) is 1. The largest absolute Gasteiger partial charge is 0.379 e. The third-order valence-electron chi connectivity index (χ3n) is 3.50. The number of hydrogen-bond donors (Lipinski definition) is 1. The molecule has 0 aromatic heterocycles. The molecule has 16 heavy (non-hydrogen) atoms. The zero-order valence-corrected chi connectivity index (χ0v) is 11.2. The molecule has 2 atom stereocenters. The van der Waals surface area contributed by atoms with Crippen molar-refractivity contribution in [1.29, 1.82) is 0 Å². The lowest BCUT2D eigenvalue weighted by Gasteiger charge is -2.28. The van der Waals surface area contributed by atoms with Crippen molar-refractivity contribution in [3.05, 3.63) is 0 Å². The van der Waals surface area contributed by atoms with E-state index in [2.05, 4.69) is 13.8 Å². The molecule has 2 unspecified atom stereocenters. The van der Waals surface area contributed by atoms with Gasteiger partial charge in [-0.25, -0.2) is 0 Å². The van der Waals surface area contributed by atoms with Crippen LogP contribution in [0.4, 0.5) is 0 Å². The van der Waals surface area contributed by atoms with E-state index in [1.807, 2.05) is 6.92 Å². The zero-order chi connectivity index (χ0) is 12.2. The fourth-order valence-corrected chi connectivity index (χ4v) is 2.01. The molecule has 0 amide bonds. The van der Waals surface area contributed by atoms with E-state index in [1.54, 1.807) is 7.11 Å². The van der Waals surface area contributed by atoms with Crippen molar-refractivity contribution in [1.82, 2.24) is 0 Å². The molecule has 1 aliphatic carbocycles. The average molecular weight is 229 g/mol. The van der Waals surface area contributed by atoms with Crippen LogP contribution in [0.25, 0.3) is 0 Å². The van der Waals surface area contributed by atoms with Crippen molar-refractivity contribution in [2.75, 3.05) is 13.7 Å². The van der Waals surface area contributed by atoms with Crippen LogP contribution in [0.1, 0.15) is 46.5 Å². The number of hydrogen-bond acceptors (Lipinski definition) is 3. The molecule has 0 bridgehead atoms. The summed E-state index contributed by atoms with van der Waals surface area (Å²) in [5.41, 5.74) is 6.15. The van der Waals surface area contributed by atoms with Crippen LogP contribution < -0.4 is 5.73 Å². The molecule has 0 spiro atoms. The SMILES string of the molecule is CCOC(C(N)CCC(C)(C)OC)C1CC1. The number of methoxy groups -OCH3 is 1. The van der Waals surface area contributed by atoms with Crippen LogP contribution in [-0.4, -0.2) is 31.5 Å². The van der Waals surface area contributed by atoms with E-state index in [0.29, 0.717) is 5.92 Å². The highest BCUT2D eigenvalue weighted by molar-refractivity contribution is 4.89. The first-order valence-corrected chi connectivity index (χ1v) is 6.42. The van der Waals surface area contributed by atoms with Crippen molar-refractivity contribution in [3.8, 4) is 0 Å². The molecule has 3 heteroatoms. The minimum atomic E-state index is -0.0715. The predicted octanol–water partition coefficient (Wildman–Crippen LogP) is 2.33. The Morgan fingerprint density at radius 2 is 2.00 bits per heavy atom. The quantitative estimate of drug-likeness (QED) is 0.695. The van der Waals surface area contributed by atoms with Crippen molar-refractivity contribution in [3.63, 3.8) is 0 Å². The second kappa shape index (κ2) is 5.99. The fourth-order valence-electron chi connectivity index (χ4n) is 2.01. The highest BCUT2D eigenvalue weighted by Gasteiger charge is 2.36. The molecule has 0 aromatic rings. The van der Waals surface area contributed by atoms with Crippen molar-refractivity contribution in [2.45, 2.75) is 64.2 Å². The van der Waals surface area contributed by atoms with Crippen molar-refractivity contribution >= 4 is 0 Å². The molecule has 1 aliphatic rings. The molecule has 1 fully saturated rings. The van der Waals surface area contributed by atoms with Crippen LogP contribution in [0.3, 0.4) is 0 Å². The van der Waals surface area contributed by atoms with E-state index < -0.39 is 0 Å². The van der Waals surface area contributed by atoms with Gasteiger partial charge in [-0.2, -0.15) is 0 Å². The predicted molar refractivity (Wildman–Crippen MR) is 66.4 cm³/mol. The Morgan fingerprint density at radius 3 is 2.44 bits per heavy atom. The van der Waals surface area contributed by atoms with Crippen LogP contribution in [-0.2, 0) is 9.47 Å². The van der Waals surface area contributed by atoms with Gasteiger partial charge >= 0.3 is 0 Å². The van der Waals surface area contributed by atoms with Crippen LogP contribution in [0.2, 0.25) is 0 Å². The topological polar surface area (TPSA) is 44.5 Å². The van der Waals surface area contributed by atoms with E-state index in [-0.39, 0.29) is 17.7 Å². The Hall–Kier alpha value is -0.120. The summed E-state index contributed by atoms with van der Waals surface area (Å²) in [6, 6.07) is 0.155. The van der Waals surface area contributed by atoms with Gasteiger partial charge in [0.25, 0.3) is 0 Å². The molecule has 0 radical (unpaired) electrons. The molecule has 0 aromatic carbocycles. The van der Waals surface area contributed by atoms with Gasteiger partial charge in [-0.3, -0.25) is 0 Å². The van der Waals surface area contributed by atoms with Gasteiger partial charge in [0.15, 0.2) is 0 Å². The summed E-state index contributed by atoms with van der Waals surface area (Å²) in [4.78, 5) is 0. The smallest absolute Gasteiger partial charge is 0.0753 e.